The van der Waals surface area contributed by atoms with Crippen molar-refractivity contribution in [1.82, 2.24) is 24.5 Å². The lowest BCUT2D eigenvalue weighted by Gasteiger charge is -2.66. The molecule has 13 nitrogen and oxygen atoms in total. The van der Waals surface area contributed by atoms with Crippen LogP contribution in [0.25, 0.3) is 22.2 Å². The maximum Gasteiger partial charge on any atom is 0.419 e. The van der Waals surface area contributed by atoms with Crippen LogP contribution in [0.5, 0.6) is 0 Å². The van der Waals surface area contributed by atoms with Crippen molar-refractivity contribution in [3.8, 4) is 11.3 Å². The fourth-order valence-corrected chi connectivity index (χ4v) is 8.42. The summed E-state index contributed by atoms with van der Waals surface area (Å²) in [4.78, 5) is 29.2. The van der Waals surface area contributed by atoms with E-state index >= 15 is 0 Å². The molecule has 2 aromatic heterocycles. The van der Waals surface area contributed by atoms with Gasteiger partial charge in [-0.3, -0.25) is 0 Å². The van der Waals surface area contributed by atoms with Crippen LogP contribution in [0.15, 0.2) is 42.6 Å². The van der Waals surface area contributed by atoms with Gasteiger partial charge in [0.05, 0.1) is 24.8 Å². The summed E-state index contributed by atoms with van der Waals surface area (Å²) in [5.74, 6) is 0.430. The molecule has 1 unspecified atom stereocenters. The molecule has 306 valence electrons. The van der Waals surface area contributed by atoms with Crippen LogP contribution in [-0.4, -0.2) is 91.5 Å². The number of halogens is 2. The van der Waals surface area contributed by atoms with Gasteiger partial charge in [-0.25, -0.2) is 23.2 Å². The third-order valence-corrected chi connectivity index (χ3v) is 10.7. The molecule has 0 radical (unpaired) electrons. The van der Waals surface area contributed by atoms with E-state index in [0.29, 0.717) is 73.9 Å². The molecule has 3 heterocycles. The number of aromatic nitrogens is 4. The maximum atomic E-state index is 14.6. The summed E-state index contributed by atoms with van der Waals surface area (Å²) in [5.41, 5.74) is 2.65. The number of carbonyl (C=O) groups is 2. The quantitative estimate of drug-likeness (QED) is 0.0890. The number of hydrogen-bond donors (Lipinski definition) is 3. The number of benzene rings is 2. The average Bonchev–Trinajstić information content (AvgIpc) is 3.72. The van der Waals surface area contributed by atoms with Gasteiger partial charge in [0.15, 0.2) is 0 Å². The van der Waals surface area contributed by atoms with Crippen molar-refractivity contribution in [2.45, 2.75) is 116 Å². The van der Waals surface area contributed by atoms with Gasteiger partial charge in [-0.1, -0.05) is 17.3 Å². The van der Waals surface area contributed by atoms with E-state index in [0.717, 1.165) is 47.2 Å². The fourth-order valence-electron chi connectivity index (χ4n) is 8.33. The molecule has 3 N–H and O–H groups in total. The Morgan fingerprint density at radius 3 is 2.49 bits per heavy atom. The number of fused-ring (bicyclic) bond motifs is 1. The number of alkyl halides is 2. The van der Waals surface area contributed by atoms with Crippen molar-refractivity contribution >= 4 is 52.3 Å². The summed E-state index contributed by atoms with van der Waals surface area (Å²) < 4.78 is 35.5. The minimum absolute atomic E-state index is 0.0729. The molecular weight excluding hydrogens is 751 g/mol. The molecule has 4 aliphatic rings. The lowest BCUT2D eigenvalue weighted by molar-refractivity contribution is -0.220. The topological polar surface area (TPSA) is 149 Å². The van der Waals surface area contributed by atoms with Gasteiger partial charge in [0, 0.05) is 65.4 Å². The summed E-state index contributed by atoms with van der Waals surface area (Å²) in [6, 6.07) is 11.6. The zero-order valence-corrected chi connectivity index (χ0v) is 34.5. The van der Waals surface area contributed by atoms with Crippen LogP contribution in [0.1, 0.15) is 96.9 Å². The number of carbonyl (C=O) groups excluding carboxylic acids is 2. The molecule has 8 rings (SSSR count). The average molecular weight is 805 g/mol. The molecule has 3 saturated carbocycles. The number of anilines is 2. The largest absolute Gasteiger partial charge is 0.444 e. The first-order valence-electron chi connectivity index (χ1n) is 19.7. The SMILES string of the molecule is CC(C)(C)OC(=O)N(Cc1cc2ccc(Cn3cc(-c4cc(NCCCl)cc(NC5CCCCO5)c4C=N)nn3)cc2n1C(=O)OC(C)(C)C)CC12CC(F)(C1)C2. The Hall–Kier alpha value is -4.69. The summed E-state index contributed by atoms with van der Waals surface area (Å²) in [7, 11) is 0. The summed E-state index contributed by atoms with van der Waals surface area (Å²) in [5, 5.41) is 25.0. The van der Waals surface area contributed by atoms with E-state index in [9.17, 15) is 14.0 Å². The number of rotatable bonds is 13. The van der Waals surface area contributed by atoms with Gasteiger partial charge >= 0.3 is 12.2 Å². The Kier molecular flexibility index (Phi) is 11.1. The molecule has 4 fully saturated rings. The van der Waals surface area contributed by atoms with Crippen LogP contribution in [0.2, 0.25) is 0 Å². The Balaban J connectivity index is 1.19. The van der Waals surface area contributed by atoms with Gasteiger partial charge in [-0.05, 0) is 115 Å². The Morgan fingerprint density at radius 2 is 1.84 bits per heavy atom. The predicted octanol–water partition coefficient (Wildman–Crippen LogP) is 8.95. The highest BCUT2D eigenvalue weighted by atomic mass is 35.5. The first-order chi connectivity index (χ1) is 26.9. The lowest BCUT2D eigenvalue weighted by atomic mass is 9.42. The van der Waals surface area contributed by atoms with E-state index in [2.05, 4.69) is 20.9 Å². The van der Waals surface area contributed by atoms with Gasteiger partial charge in [0.1, 0.15) is 28.8 Å². The smallest absolute Gasteiger partial charge is 0.419 e. The van der Waals surface area contributed by atoms with Crippen molar-refractivity contribution in [3.63, 3.8) is 0 Å². The van der Waals surface area contributed by atoms with Gasteiger partial charge < -0.3 is 35.2 Å². The van der Waals surface area contributed by atoms with Crippen molar-refractivity contribution in [3.05, 3.63) is 59.4 Å². The van der Waals surface area contributed by atoms with Crippen LogP contribution >= 0.6 is 11.6 Å². The highest BCUT2D eigenvalue weighted by molar-refractivity contribution is 6.18. The number of nitrogens with one attached hydrogen (secondary N) is 3. The molecule has 2 bridgehead atoms. The van der Waals surface area contributed by atoms with Crippen LogP contribution in [0, 0.1) is 10.8 Å². The zero-order chi connectivity index (χ0) is 40.8. The van der Waals surface area contributed by atoms with Crippen LogP contribution in [0.4, 0.5) is 25.4 Å². The molecule has 1 amide bonds. The summed E-state index contributed by atoms with van der Waals surface area (Å²) in [6.07, 6.45) is 6.14. The Morgan fingerprint density at radius 1 is 1.09 bits per heavy atom. The van der Waals surface area contributed by atoms with Crippen LogP contribution in [0.3, 0.4) is 0 Å². The van der Waals surface area contributed by atoms with Gasteiger partial charge in [-0.15, -0.1) is 16.7 Å². The second kappa shape index (κ2) is 15.6. The van der Waals surface area contributed by atoms with E-state index in [1.165, 1.54) is 10.8 Å². The fraction of sp³-hybridized carbons (Fsp3) is 0.548. The van der Waals surface area contributed by atoms with Gasteiger partial charge in [0.25, 0.3) is 0 Å². The zero-order valence-electron chi connectivity index (χ0n) is 33.7. The van der Waals surface area contributed by atoms with Crippen LogP contribution < -0.4 is 10.6 Å². The van der Waals surface area contributed by atoms with E-state index in [-0.39, 0.29) is 18.2 Å². The van der Waals surface area contributed by atoms with E-state index in [4.69, 9.17) is 31.2 Å². The Bertz CT molecular complexity index is 2130. The number of ether oxygens (including phenoxy) is 3. The molecular formula is C42H54ClFN8O5. The molecule has 2 aromatic carbocycles. The first-order valence-corrected chi connectivity index (χ1v) is 20.3. The van der Waals surface area contributed by atoms with E-state index < -0.39 is 29.1 Å². The molecule has 15 heteroatoms. The molecule has 1 aliphatic heterocycles. The molecule has 57 heavy (non-hydrogen) atoms. The molecule has 0 spiro atoms. The van der Waals surface area contributed by atoms with E-state index in [1.54, 1.807) is 9.58 Å². The number of hydrogen-bond acceptors (Lipinski definition) is 10. The molecule has 1 atom stereocenters. The minimum Gasteiger partial charge on any atom is -0.444 e. The highest BCUT2D eigenvalue weighted by Gasteiger charge is 2.69. The van der Waals surface area contributed by atoms with Crippen molar-refractivity contribution in [2.24, 2.45) is 5.41 Å². The second-order valence-corrected chi connectivity index (χ2v) is 18.3. The van der Waals surface area contributed by atoms with Crippen molar-refractivity contribution in [1.29, 1.82) is 5.41 Å². The molecule has 1 saturated heterocycles. The summed E-state index contributed by atoms with van der Waals surface area (Å²) >= 11 is 6.01. The van der Waals surface area contributed by atoms with Gasteiger partial charge in [0.2, 0.25) is 0 Å². The van der Waals surface area contributed by atoms with E-state index in [1.807, 2.05) is 84.1 Å². The monoisotopic (exact) mass is 804 g/mol. The molecule has 4 aromatic rings. The lowest BCUT2D eigenvalue weighted by Crippen LogP contribution is -2.68. The van der Waals surface area contributed by atoms with Crippen LogP contribution in [-0.2, 0) is 27.3 Å². The predicted molar refractivity (Wildman–Crippen MR) is 219 cm³/mol. The number of amides is 1. The number of nitrogens with zero attached hydrogens (tertiary/aromatic N) is 5. The Labute approximate surface area is 338 Å². The normalized spacial score (nSPS) is 21.6. The second-order valence-electron chi connectivity index (χ2n) is 17.9. The van der Waals surface area contributed by atoms with Crippen molar-refractivity contribution in [2.75, 3.05) is 36.2 Å². The molecule has 3 aliphatic carbocycles. The summed E-state index contributed by atoms with van der Waals surface area (Å²) in [6.45, 7) is 12.8. The third-order valence-electron chi connectivity index (χ3n) is 10.5. The first kappa shape index (κ1) is 40.5. The highest BCUT2D eigenvalue weighted by Crippen LogP contribution is 2.69. The van der Waals surface area contributed by atoms with Gasteiger partial charge in [-0.2, -0.15) is 0 Å². The third kappa shape index (κ3) is 9.22. The minimum atomic E-state index is -1.12. The maximum absolute atomic E-state index is 14.6. The standard InChI is InChI=1S/C42H54ClFN8O5/c1-39(2,3)56-37(53)50(26-41-23-42(44,24-41)25-41)21-30-16-28-11-10-27(15-35(28)52(30)38(54)57-40(4,5)6)20-51-22-34(48-49-51)31-17-29(46-13-12-43)18-33(32(31)19-45)47-36-9-7-8-14-55-36/h10-11,15-19,22,36,45-47H,7-9,12-14,20-21,23-26H2,1-6H3. The van der Waals surface area contributed by atoms with Crippen molar-refractivity contribution < 1.29 is 28.2 Å².